The van der Waals surface area contributed by atoms with Gasteiger partial charge in [0.25, 0.3) is 0 Å². The van der Waals surface area contributed by atoms with Gasteiger partial charge >= 0.3 is 6.03 Å². The van der Waals surface area contributed by atoms with Gasteiger partial charge in [-0.05, 0) is 35.4 Å². The zero-order valence-corrected chi connectivity index (χ0v) is 17.9. The SMILES string of the molecule is O=C(NCCc1coc(-c2ccc(F)cc2)n1)NCc1ccccc1CN1CCOCC1. The number of hydrogen-bond acceptors (Lipinski definition) is 5. The maximum atomic E-state index is 13.0. The van der Waals surface area contributed by atoms with Crippen LogP contribution in [0.1, 0.15) is 16.8 Å². The van der Waals surface area contributed by atoms with Crippen molar-refractivity contribution < 1.29 is 18.3 Å². The number of carbonyl (C=O) groups is 1. The van der Waals surface area contributed by atoms with E-state index in [-0.39, 0.29) is 11.8 Å². The van der Waals surface area contributed by atoms with E-state index < -0.39 is 0 Å². The monoisotopic (exact) mass is 438 g/mol. The average Bonchev–Trinajstić information content (AvgIpc) is 3.28. The molecule has 0 bridgehead atoms. The predicted molar refractivity (Wildman–Crippen MR) is 118 cm³/mol. The van der Waals surface area contributed by atoms with E-state index in [0.717, 1.165) is 44.1 Å². The van der Waals surface area contributed by atoms with Crippen LogP contribution in [0.2, 0.25) is 0 Å². The highest BCUT2D eigenvalue weighted by molar-refractivity contribution is 5.73. The van der Waals surface area contributed by atoms with Crippen molar-refractivity contribution in [3.63, 3.8) is 0 Å². The first-order chi connectivity index (χ1) is 15.7. The van der Waals surface area contributed by atoms with Crippen molar-refractivity contribution in [1.82, 2.24) is 20.5 Å². The third-order valence-corrected chi connectivity index (χ3v) is 5.37. The van der Waals surface area contributed by atoms with Gasteiger partial charge in [-0.15, -0.1) is 0 Å². The topological polar surface area (TPSA) is 79.6 Å². The number of nitrogens with one attached hydrogen (secondary N) is 2. The number of carbonyl (C=O) groups excluding carboxylic acids is 1. The first-order valence-corrected chi connectivity index (χ1v) is 10.8. The third kappa shape index (κ3) is 6.15. The number of aromatic nitrogens is 1. The van der Waals surface area contributed by atoms with Crippen molar-refractivity contribution in [1.29, 1.82) is 0 Å². The van der Waals surface area contributed by atoms with Crippen molar-refractivity contribution in [2.75, 3.05) is 32.8 Å². The average molecular weight is 439 g/mol. The Morgan fingerprint density at radius 2 is 1.78 bits per heavy atom. The van der Waals surface area contributed by atoms with Gasteiger partial charge in [-0.2, -0.15) is 0 Å². The second-order valence-electron chi connectivity index (χ2n) is 7.67. The lowest BCUT2D eigenvalue weighted by Gasteiger charge is -2.27. The van der Waals surface area contributed by atoms with Gasteiger partial charge in [-0.1, -0.05) is 24.3 Å². The van der Waals surface area contributed by atoms with E-state index in [1.807, 2.05) is 18.2 Å². The van der Waals surface area contributed by atoms with E-state index in [0.29, 0.717) is 31.0 Å². The highest BCUT2D eigenvalue weighted by Crippen LogP contribution is 2.19. The van der Waals surface area contributed by atoms with Gasteiger partial charge in [0, 0.05) is 44.7 Å². The van der Waals surface area contributed by atoms with Crippen molar-refractivity contribution in [3.8, 4) is 11.5 Å². The molecule has 1 aliphatic heterocycles. The summed E-state index contributed by atoms with van der Waals surface area (Å²) < 4.78 is 23.9. The molecule has 1 aliphatic rings. The van der Waals surface area contributed by atoms with Gasteiger partial charge in [-0.25, -0.2) is 14.2 Å². The molecular formula is C24H27FN4O3. The lowest BCUT2D eigenvalue weighted by Crippen LogP contribution is -2.37. The summed E-state index contributed by atoms with van der Waals surface area (Å²) in [5.74, 6) is 0.126. The van der Waals surface area contributed by atoms with Gasteiger partial charge in [0.15, 0.2) is 0 Å². The number of hydrogen-bond donors (Lipinski definition) is 2. The van der Waals surface area contributed by atoms with Gasteiger partial charge < -0.3 is 19.8 Å². The number of benzene rings is 2. The third-order valence-electron chi connectivity index (χ3n) is 5.37. The van der Waals surface area contributed by atoms with Crippen LogP contribution in [0.5, 0.6) is 0 Å². The Kier molecular flexibility index (Phi) is 7.47. The molecular weight excluding hydrogens is 411 g/mol. The van der Waals surface area contributed by atoms with Gasteiger partial charge in [0.2, 0.25) is 5.89 Å². The van der Waals surface area contributed by atoms with Crippen LogP contribution in [0.3, 0.4) is 0 Å². The van der Waals surface area contributed by atoms with Crippen LogP contribution in [0.15, 0.2) is 59.2 Å². The molecule has 0 unspecified atom stereocenters. The fraction of sp³-hybridized carbons (Fsp3) is 0.333. The molecule has 1 aromatic heterocycles. The minimum Gasteiger partial charge on any atom is -0.444 e. The molecule has 4 rings (SSSR count). The summed E-state index contributed by atoms with van der Waals surface area (Å²) in [4.78, 5) is 19.0. The van der Waals surface area contributed by atoms with E-state index in [1.54, 1.807) is 18.4 Å². The molecule has 0 saturated carbocycles. The number of ether oxygens (including phenoxy) is 1. The fourth-order valence-electron chi connectivity index (χ4n) is 3.57. The predicted octanol–water partition coefficient (Wildman–Crippen LogP) is 3.35. The maximum absolute atomic E-state index is 13.0. The highest BCUT2D eigenvalue weighted by atomic mass is 19.1. The Bertz CT molecular complexity index is 1020. The highest BCUT2D eigenvalue weighted by Gasteiger charge is 2.13. The van der Waals surface area contributed by atoms with Crippen molar-refractivity contribution >= 4 is 6.03 Å². The molecule has 2 heterocycles. The summed E-state index contributed by atoms with van der Waals surface area (Å²) in [6.07, 6.45) is 2.09. The lowest BCUT2D eigenvalue weighted by atomic mass is 10.1. The normalized spacial score (nSPS) is 14.3. The number of nitrogens with zero attached hydrogens (tertiary/aromatic N) is 2. The van der Waals surface area contributed by atoms with E-state index >= 15 is 0 Å². The maximum Gasteiger partial charge on any atom is 0.315 e. The first-order valence-electron chi connectivity index (χ1n) is 10.8. The fourth-order valence-corrected chi connectivity index (χ4v) is 3.57. The Balaban J connectivity index is 1.22. The second-order valence-corrected chi connectivity index (χ2v) is 7.67. The zero-order chi connectivity index (χ0) is 22.2. The van der Waals surface area contributed by atoms with Crippen LogP contribution in [0, 0.1) is 5.82 Å². The lowest BCUT2D eigenvalue weighted by molar-refractivity contribution is 0.0341. The van der Waals surface area contributed by atoms with Gasteiger partial charge in [0.1, 0.15) is 12.1 Å². The summed E-state index contributed by atoms with van der Waals surface area (Å²) in [6, 6.07) is 13.9. The molecule has 0 aliphatic carbocycles. The summed E-state index contributed by atoms with van der Waals surface area (Å²) in [5, 5.41) is 5.78. The number of urea groups is 1. The minimum atomic E-state index is -0.306. The Hall–Kier alpha value is -3.23. The second kappa shape index (κ2) is 10.9. The minimum absolute atomic E-state index is 0.228. The molecule has 3 aromatic rings. The van der Waals surface area contributed by atoms with Crippen LogP contribution in [0.4, 0.5) is 9.18 Å². The first kappa shape index (κ1) is 22.0. The van der Waals surface area contributed by atoms with E-state index in [4.69, 9.17) is 9.15 Å². The van der Waals surface area contributed by atoms with E-state index in [2.05, 4.69) is 26.6 Å². The van der Waals surface area contributed by atoms with Crippen LogP contribution >= 0.6 is 0 Å². The number of halogens is 1. The Morgan fingerprint density at radius 1 is 1.03 bits per heavy atom. The largest absolute Gasteiger partial charge is 0.444 e. The quantitative estimate of drug-likeness (QED) is 0.564. The van der Waals surface area contributed by atoms with Crippen molar-refractivity contribution in [3.05, 3.63) is 77.4 Å². The molecule has 0 atom stereocenters. The Labute approximate surface area is 186 Å². The molecule has 0 spiro atoms. The summed E-state index contributed by atoms with van der Waals surface area (Å²) >= 11 is 0. The number of morpholine rings is 1. The summed E-state index contributed by atoms with van der Waals surface area (Å²) in [6.45, 7) is 5.12. The van der Waals surface area contributed by atoms with Crippen LogP contribution in [-0.4, -0.2) is 48.8 Å². The standard InChI is InChI=1S/C24H27FN4O3/c25-21-7-5-18(6-8-21)23-28-22(17-32-23)9-10-26-24(30)27-15-19-3-1-2-4-20(19)16-29-11-13-31-14-12-29/h1-8,17H,9-16H2,(H2,26,27,30). The number of amides is 2. The van der Waals surface area contributed by atoms with Crippen molar-refractivity contribution in [2.45, 2.75) is 19.5 Å². The molecule has 8 heteroatoms. The molecule has 2 amide bonds. The van der Waals surface area contributed by atoms with Crippen molar-refractivity contribution in [2.24, 2.45) is 0 Å². The smallest absolute Gasteiger partial charge is 0.315 e. The molecule has 168 valence electrons. The van der Waals surface area contributed by atoms with Crippen LogP contribution in [-0.2, 0) is 24.2 Å². The number of rotatable bonds is 8. The van der Waals surface area contributed by atoms with Gasteiger partial charge in [0.05, 0.1) is 18.9 Å². The van der Waals surface area contributed by atoms with E-state index in [1.165, 1.54) is 17.7 Å². The molecule has 7 nitrogen and oxygen atoms in total. The van der Waals surface area contributed by atoms with Crippen LogP contribution in [0.25, 0.3) is 11.5 Å². The molecule has 0 radical (unpaired) electrons. The summed E-state index contributed by atoms with van der Waals surface area (Å²) in [7, 11) is 0. The summed E-state index contributed by atoms with van der Waals surface area (Å²) in [5.41, 5.74) is 3.75. The van der Waals surface area contributed by atoms with Crippen LogP contribution < -0.4 is 10.6 Å². The zero-order valence-electron chi connectivity index (χ0n) is 17.9. The molecule has 2 aromatic carbocycles. The Morgan fingerprint density at radius 3 is 2.56 bits per heavy atom. The van der Waals surface area contributed by atoms with Gasteiger partial charge in [-0.3, -0.25) is 4.90 Å². The molecule has 1 saturated heterocycles. The molecule has 1 fully saturated rings. The molecule has 2 N–H and O–H groups in total. The van der Waals surface area contributed by atoms with E-state index in [9.17, 15) is 9.18 Å². The number of oxazole rings is 1. The molecule has 32 heavy (non-hydrogen) atoms.